The Bertz CT molecular complexity index is 288. The van der Waals surface area contributed by atoms with Gasteiger partial charge in [-0.05, 0) is 20.3 Å². The topological polar surface area (TPSA) is 66.1 Å². The summed E-state index contributed by atoms with van der Waals surface area (Å²) in [5, 5.41) is 0. The second kappa shape index (κ2) is 6.36. The number of morpholine rings is 1. The van der Waals surface area contributed by atoms with E-state index in [-0.39, 0.29) is 6.04 Å². The molecule has 6 heteroatoms. The highest BCUT2D eigenvalue weighted by molar-refractivity contribution is 5.79. The lowest BCUT2D eigenvalue weighted by molar-refractivity contribution is 0.0195. The molecule has 0 saturated carbocycles. The molecule has 1 unspecified atom stereocenters. The second-order valence-corrected chi connectivity index (χ2v) is 5.23. The Balaban J connectivity index is 1.90. The summed E-state index contributed by atoms with van der Waals surface area (Å²) in [4.78, 5) is 9.29. The lowest BCUT2D eigenvalue weighted by Crippen LogP contribution is -2.48. The highest BCUT2D eigenvalue weighted by Gasteiger charge is 2.30. The third-order valence-electron chi connectivity index (χ3n) is 3.53. The van der Waals surface area contributed by atoms with Gasteiger partial charge in [0.15, 0.2) is 0 Å². The third kappa shape index (κ3) is 3.34. The van der Waals surface area contributed by atoms with Gasteiger partial charge in [-0.3, -0.25) is 10.3 Å². The fourth-order valence-corrected chi connectivity index (χ4v) is 2.63. The van der Waals surface area contributed by atoms with Gasteiger partial charge in [0.1, 0.15) is 0 Å². The van der Waals surface area contributed by atoms with Gasteiger partial charge in [0, 0.05) is 38.3 Å². The summed E-state index contributed by atoms with van der Waals surface area (Å²) in [6, 6.07) is 0.873. The highest BCUT2D eigenvalue weighted by Crippen LogP contribution is 2.17. The van der Waals surface area contributed by atoms with Gasteiger partial charge in [0.25, 0.3) is 0 Å². The standard InChI is InChI=1S/C12H25N5O/c1-10(2)14-12(15-13)17-4-3-11(9-17)16-5-7-18-8-6-16/h10-11H,3-9,13H2,1-2H3,(H,14,15). The van der Waals surface area contributed by atoms with Crippen molar-refractivity contribution in [3.63, 3.8) is 0 Å². The van der Waals surface area contributed by atoms with Gasteiger partial charge in [-0.1, -0.05) is 0 Å². The van der Waals surface area contributed by atoms with Crippen molar-refractivity contribution in [2.75, 3.05) is 39.4 Å². The third-order valence-corrected chi connectivity index (χ3v) is 3.53. The Morgan fingerprint density at radius 1 is 1.33 bits per heavy atom. The zero-order valence-electron chi connectivity index (χ0n) is 11.4. The predicted molar refractivity (Wildman–Crippen MR) is 72.3 cm³/mol. The van der Waals surface area contributed by atoms with Crippen LogP contribution in [0.2, 0.25) is 0 Å². The molecular weight excluding hydrogens is 230 g/mol. The number of likely N-dealkylation sites (tertiary alicyclic amines) is 1. The van der Waals surface area contributed by atoms with Crippen LogP contribution in [0, 0.1) is 0 Å². The summed E-state index contributed by atoms with van der Waals surface area (Å²) in [6.45, 7) is 9.97. The number of ether oxygens (including phenoxy) is 1. The maximum Gasteiger partial charge on any atom is 0.208 e. The number of guanidine groups is 1. The molecule has 0 aromatic heterocycles. The molecule has 3 N–H and O–H groups in total. The molecule has 2 rings (SSSR count). The maximum absolute atomic E-state index is 5.57. The molecule has 6 nitrogen and oxygen atoms in total. The molecule has 0 amide bonds. The minimum absolute atomic E-state index is 0.262. The Labute approximate surface area is 109 Å². The fraction of sp³-hybridized carbons (Fsp3) is 0.917. The number of nitrogens with zero attached hydrogens (tertiary/aromatic N) is 3. The van der Waals surface area contributed by atoms with Crippen molar-refractivity contribution in [2.24, 2.45) is 10.8 Å². The van der Waals surface area contributed by atoms with E-state index in [0.29, 0.717) is 6.04 Å². The Morgan fingerprint density at radius 3 is 2.67 bits per heavy atom. The number of aliphatic imine (C=N–C) groups is 1. The molecule has 2 aliphatic heterocycles. The molecule has 2 saturated heterocycles. The molecule has 0 aromatic rings. The number of hydrogen-bond acceptors (Lipinski definition) is 4. The van der Waals surface area contributed by atoms with Crippen LogP contribution < -0.4 is 11.3 Å². The lowest BCUT2D eigenvalue weighted by atomic mass is 10.2. The smallest absolute Gasteiger partial charge is 0.208 e. The summed E-state index contributed by atoms with van der Waals surface area (Å²) in [5.41, 5.74) is 2.73. The molecule has 104 valence electrons. The minimum Gasteiger partial charge on any atom is -0.379 e. The molecule has 0 spiro atoms. The normalized spacial score (nSPS) is 27.0. The van der Waals surface area contributed by atoms with E-state index in [1.54, 1.807) is 0 Å². The van der Waals surface area contributed by atoms with Crippen LogP contribution >= 0.6 is 0 Å². The zero-order valence-corrected chi connectivity index (χ0v) is 11.4. The molecule has 1 atom stereocenters. The van der Waals surface area contributed by atoms with E-state index in [1.165, 1.54) is 6.42 Å². The Morgan fingerprint density at radius 2 is 2.06 bits per heavy atom. The van der Waals surface area contributed by atoms with Gasteiger partial charge in [0.2, 0.25) is 5.96 Å². The largest absolute Gasteiger partial charge is 0.379 e. The van der Waals surface area contributed by atoms with Crippen molar-refractivity contribution in [1.29, 1.82) is 0 Å². The predicted octanol–water partition coefficient (Wildman–Crippen LogP) is -0.379. The average molecular weight is 255 g/mol. The number of nitrogens with one attached hydrogen (secondary N) is 1. The number of nitrogens with two attached hydrogens (primary N) is 1. The first-order valence-electron chi connectivity index (χ1n) is 6.82. The Kier molecular flexibility index (Phi) is 4.79. The summed E-state index contributed by atoms with van der Waals surface area (Å²) in [6.07, 6.45) is 1.18. The SMILES string of the molecule is CC(C)N=C(NN)N1CCC(N2CCOCC2)C1. The first-order valence-corrected chi connectivity index (χ1v) is 6.82. The molecule has 2 aliphatic rings. The molecule has 0 radical (unpaired) electrons. The van der Waals surface area contributed by atoms with Gasteiger partial charge >= 0.3 is 0 Å². The van der Waals surface area contributed by atoms with Gasteiger partial charge in [-0.15, -0.1) is 0 Å². The van der Waals surface area contributed by atoms with E-state index in [4.69, 9.17) is 10.6 Å². The average Bonchev–Trinajstić information content (AvgIpc) is 2.86. The van der Waals surface area contributed by atoms with Crippen LogP contribution in [0.1, 0.15) is 20.3 Å². The van der Waals surface area contributed by atoms with E-state index in [1.807, 2.05) is 0 Å². The summed E-state index contributed by atoms with van der Waals surface area (Å²) in [7, 11) is 0. The van der Waals surface area contributed by atoms with Gasteiger partial charge in [0.05, 0.1) is 13.2 Å². The van der Waals surface area contributed by atoms with Gasteiger partial charge in [-0.2, -0.15) is 0 Å². The Hall–Kier alpha value is -0.850. The van der Waals surface area contributed by atoms with Gasteiger partial charge in [-0.25, -0.2) is 10.8 Å². The molecule has 0 aliphatic carbocycles. The number of hydrazine groups is 1. The molecule has 18 heavy (non-hydrogen) atoms. The van der Waals surface area contributed by atoms with Crippen molar-refractivity contribution in [3.05, 3.63) is 0 Å². The van der Waals surface area contributed by atoms with Gasteiger partial charge < -0.3 is 9.64 Å². The fourth-order valence-electron chi connectivity index (χ4n) is 2.63. The van der Waals surface area contributed by atoms with Crippen molar-refractivity contribution in [1.82, 2.24) is 15.2 Å². The monoisotopic (exact) mass is 255 g/mol. The van der Waals surface area contributed by atoms with Crippen molar-refractivity contribution < 1.29 is 4.74 Å². The van der Waals surface area contributed by atoms with E-state index < -0.39 is 0 Å². The van der Waals surface area contributed by atoms with Crippen LogP contribution in [0.15, 0.2) is 4.99 Å². The summed E-state index contributed by atoms with van der Waals surface area (Å²) >= 11 is 0. The van der Waals surface area contributed by atoms with Crippen LogP contribution in [0.5, 0.6) is 0 Å². The molecule has 2 fully saturated rings. The number of hydrogen-bond donors (Lipinski definition) is 2. The first kappa shape index (κ1) is 13.6. The van der Waals surface area contributed by atoms with E-state index >= 15 is 0 Å². The van der Waals surface area contributed by atoms with E-state index in [0.717, 1.165) is 45.4 Å². The molecule has 0 aromatic carbocycles. The first-order chi connectivity index (χ1) is 8.70. The number of rotatable bonds is 2. The molecule has 0 bridgehead atoms. The summed E-state index contributed by atoms with van der Waals surface area (Å²) in [5.74, 6) is 6.39. The summed E-state index contributed by atoms with van der Waals surface area (Å²) < 4.78 is 5.40. The van der Waals surface area contributed by atoms with Crippen molar-refractivity contribution in [3.8, 4) is 0 Å². The zero-order chi connectivity index (χ0) is 13.0. The maximum atomic E-state index is 5.57. The van der Waals surface area contributed by atoms with Crippen LogP contribution in [0.4, 0.5) is 0 Å². The van der Waals surface area contributed by atoms with E-state index in [2.05, 4.69) is 34.1 Å². The van der Waals surface area contributed by atoms with Crippen LogP contribution in [-0.4, -0.2) is 67.2 Å². The van der Waals surface area contributed by atoms with Crippen molar-refractivity contribution in [2.45, 2.75) is 32.4 Å². The van der Waals surface area contributed by atoms with Crippen LogP contribution in [-0.2, 0) is 4.74 Å². The van der Waals surface area contributed by atoms with Crippen LogP contribution in [0.25, 0.3) is 0 Å². The molecule has 2 heterocycles. The quantitative estimate of drug-likeness (QED) is 0.305. The lowest BCUT2D eigenvalue weighted by Gasteiger charge is -2.32. The van der Waals surface area contributed by atoms with E-state index in [9.17, 15) is 0 Å². The van der Waals surface area contributed by atoms with Crippen molar-refractivity contribution >= 4 is 5.96 Å². The highest BCUT2D eigenvalue weighted by atomic mass is 16.5. The minimum atomic E-state index is 0.262. The molecular formula is C12H25N5O. The van der Waals surface area contributed by atoms with Crippen LogP contribution in [0.3, 0.4) is 0 Å². The second-order valence-electron chi connectivity index (χ2n) is 5.23.